The lowest BCUT2D eigenvalue weighted by Gasteiger charge is -2.11. The second kappa shape index (κ2) is 10.8. The van der Waals surface area contributed by atoms with Gasteiger partial charge in [-0.25, -0.2) is 14.6 Å². The van der Waals surface area contributed by atoms with E-state index in [-0.39, 0.29) is 24.5 Å². The van der Waals surface area contributed by atoms with Crippen LogP contribution in [-0.2, 0) is 28.8 Å². The standard InChI is InChI=1S/C24H21BrClN3O5S/c1-3-33-24(32)34-23(31)21-19(12-35-15-6-4-14(26)5-7-15)28(2)18-10-17(25)22(30)16(20(18)21)11-29-9-8-27-13-29/h4-10,13,30H,3,11-12H2,1-2H3. The van der Waals surface area contributed by atoms with Crippen molar-refractivity contribution in [2.45, 2.75) is 24.1 Å². The molecule has 35 heavy (non-hydrogen) atoms. The van der Waals surface area contributed by atoms with Crippen LogP contribution in [-0.4, -0.2) is 38.0 Å². The van der Waals surface area contributed by atoms with E-state index in [9.17, 15) is 14.7 Å². The van der Waals surface area contributed by atoms with E-state index in [4.69, 9.17) is 21.1 Å². The molecule has 0 amide bonds. The molecule has 182 valence electrons. The van der Waals surface area contributed by atoms with E-state index in [0.29, 0.717) is 37.4 Å². The minimum atomic E-state index is -1.08. The van der Waals surface area contributed by atoms with Crippen molar-refractivity contribution in [2.24, 2.45) is 7.05 Å². The third kappa shape index (κ3) is 5.34. The van der Waals surface area contributed by atoms with E-state index in [1.807, 2.05) is 23.7 Å². The Balaban J connectivity index is 1.87. The van der Waals surface area contributed by atoms with Crippen LogP contribution in [0.3, 0.4) is 0 Å². The molecule has 0 bridgehead atoms. The van der Waals surface area contributed by atoms with Gasteiger partial charge in [0.2, 0.25) is 0 Å². The Hall–Kier alpha value is -2.95. The highest BCUT2D eigenvalue weighted by molar-refractivity contribution is 9.10. The zero-order valence-electron chi connectivity index (χ0n) is 18.8. The molecule has 0 fully saturated rings. The number of imidazole rings is 1. The first-order chi connectivity index (χ1) is 16.8. The van der Waals surface area contributed by atoms with Crippen LogP contribution in [0.4, 0.5) is 4.79 Å². The number of phenols is 1. The molecule has 1 N–H and O–H groups in total. The van der Waals surface area contributed by atoms with E-state index in [1.165, 1.54) is 11.8 Å². The summed E-state index contributed by atoms with van der Waals surface area (Å²) in [5.74, 6) is -0.476. The molecule has 2 aromatic carbocycles. The zero-order valence-corrected chi connectivity index (χ0v) is 22.0. The number of fused-ring (bicyclic) bond motifs is 1. The highest BCUT2D eigenvalue weighted by Crippen LogP contribution is 2.41. The molecule has 4 rings (SSSR count). The fourth-order valence-electron chi connectivity index (χ4n) is 3.74. The fraction of sp³-hybridized carbons (Fsp3) is 0.208. The summed E-state index contributed by atoms with van der Waals surface area (Å²) in [5, 5.41) is 12.1. The Labute approximate surface area is 218 Å². The predicted octanol–water partition coefficient (Wildman–Crippen LogP) is 6.15. The molecular weight excluding hydrogens is 558 g/mol. The van der Waals surface area contributed by atoms with E-state index in [0.717, 1.165) is 4.90 Å². The number of nitrogens with zero attached hydrogens (tertiary/aromatic N) is 3. The zero-order chi connectivity index (χ0) is 25.1. The van der Waals surface area contributed by atoms with Gasteiger partial charge in [-0.15, -0.1) is 11.8 Å². The van der Waals surface area contributed by atoms with Crippen LogP contribution in [0.25, 0.3) is 10.9 Å². The molecule has 0 unspecified atom stereocenters. The molecule has 11 heteroatoms. The van der Waals surface area contributed by atoms with E-state index in [2.05, 4.69) is 20.9 Å². The van der Waals surface area contributed by atoms with Crippen molar-refractivity contribution in [3.05, 3.63) is 75.4 Å². The van der Waals surface area contributed by atoms with Gasteiger partial charge in [0.25, 0.3) is 0 Å². The summed E-state index contributed by atoms with van der Waals surface area (Å²) in [7, 11) is 1.83. The Morgan fingerprint density at radius 2 is 2.00 bits per heavy atom. The molecule has 0 atom stereocenters. The van der Waals surface area contributed by atoms with E-state index in [1.54, 1.807) is 48.4 Å². The largest absolute Gasteiger partial charge is 0.516 e. The van der Waals surface area contributed by atoms with Gasteiger partial charge in [-0.3, -0.25) is 0 Å². The average Bonchev–Trinajstić information content (AvgIpc) is 3.43. The molecule has 2 heterocycles. The maximum absolute atomic E-state index is 13.3. The number of carbonyl (C=O) groups excluding carboxylic acids is 2. The Kier molecular flexibility index (Phi) is 7.73. The monoisotopic (exact) mass is 577 g/mol. The molecule has 0 aliphatic rings. The van der Waals surface area contributed by atoms with Crippen LogP contribution in [0, 0.1) is 0 Å². The fourth-order valence-corrected chi connectivity index (χ4v) is 5.29. The number of phenolic OH excluding ortho intramolecular Hbond substituents is 1. The molecular formula is C24H21BrClN3O5S. The maximum atomic E-state index is 13.3. The smallest absolute Gasteiger partial charge is 0.506 e. The first-order valence-corrected chi connectivity index (χ1v) is 12.7. The summed E-state index contributed by atoms with van der Waals surface area (Å²) in [6.45, 7) is 1.94. The average molecular weight is 579 g/mol. The lowest BCUT2D eigenvalue weighted by molar-refractivity contribution is 0.0402. The number of aromatic nitrogens is 3. The first kappa shape index (κ1) is 25.2. The van der Waals surface area contributed by atoms with Crippen LogP contribution in [0.15, 0.2) is 58.4 Å². The number of aryl methyl sites for hydroxylation is 1. The van der Waals surface area contributed by atoms with Crippen molar-refractivity contribution < 1.29 is 24.2 Å². The number of hydrogen-bond donors (Lipinski definition) is 1. The number of halogens is 2. The summed E-state index contributed by atoms with van der Waals surface area (Å²) < 4.78 is 13.9. The van der Waals surface area contributed by atoms with E-state index < -0.39 is 12.1 Å². The molecule has 0 saturated carbocycles. The lowest BCUT2D eigenvalue weighted by Crippen LogP contribution is -2.16. The summed E-state index contributed by atoms with van der Waals surface area (Å²) in [5.41, 5.74) is 1.99. The minimum absolute atomic E-state index is 0.0149. The van der Waals surface area contributed by atoms with Crippen LogP contribution >= 0.6 is 39.3 Å². The number of hydrogen-bond acceptors (Lipinski definition) is 7. The maximum Gasteiger partial charge on any atom is 0.516 e. The number of aromatic hydroxyl groups is 1. The van der Waals surface area contributed by atoms with Gasteiger partial charge < -0.3 is 23.7 Å². The predicted molar refractivity (Wildman–Crippen MR) is 137 cm³/mol. The van der Waals surface area contributed by atoms with Gasteiger partial charge in [0.15, 0.2) is 0 Å². The van der Waals surface area contributed by atoms with Crippen molar-refractivity contribution in [3.8, 4) is 5.75 Å². The molecule has 0 spiro atoms. The molecule has 4 aromatic rings. The summed E-state index contributed by atoms with van der Waals surface area (Å²) >= 11 is 10.9. The Morgan fingerprint density at radius 3 is 2.66 bits per heavy atom. The topological polar surface area (TPSA) is 95.6 Å². The SMILES string of the molecule is CCOC(=O)OC(=O)c1c(CSc2ccc(Cl)cc2)n(C)c2cc(Br)c(O)c(Cn3ccnc3)c12. The van der Waals surface area contributed by atoms with Crippen LogP contribution in [0.1, 0.15) is 28.5 Å². The van der Waals surface area contributed by atoms with Crippen LogP contribution in [0.5, 0.6) is 5.75 Å². The van der Waals surface area contributed by atoms with Gasteiger partial charge in [0.05, 0.1) is 35.0 Å². The number of benzene rings is 2. The normalized spacial score (nSPS) is 11.1. The highest BCUT2D eigenvalue weighted by atomic mass is 79.9. The van der Waals surface area contributed by atoms with Crippen LogP contribution in [0.2, 0.25) is 5.02 Å². The van der Waals surface area contributed by atoms with Crippen LogP contribution < -0.4 is 0 Å². The first-order valence-electron chi connectivity index (χ1n) is 10.5. The third-order valence-corrected chi connectivity index (χ3v) is 7.25. The van der Waals surface area contributed by atoms with Gasteiger partial charge in [-0.05, 0) is 53.2 Å². The van der Waals surface area contributed by atoms with Crippen molar-refractivity contribution in [1.82, 2.24) is 14.1 Å². The van der Waals surface area contributed by atoms with Gasteiger partial charge in [0, 0.05) is 51.8 Å². The highest BCUT2D eigenvalue weighted by Gasteiger charge is 2.29. The molecule has 0 aliphatic heterocycles. The second-order valence-electron chi connectivity index (χ2n) is 7.51. The molecule has 0 aliphatic carbocycles. The van der Waals surface area contributed by atoms with Gasteiger partial charge >= 0.3 is 12.1 Å². The molecule has 0 radical (unpaired) electrons. The van der Waals surface area contributed by atoms with Crippen molar-refractivity contribution in [1.29, 1.82) is 0 Å². The minimum Gasteiger partial charge on any atom is -0.506 e. The number of esters is 1. The van der Waals surface area contributed by atoms with Gasteiger partial charge in [-0.1, -0.05) is 11.6 Å². The molecule has 8 nitrogen and oxygen atoms in total. The number of rotatable bonds is 7. The van der Waals surface area contributed by atoms with Gasteiger partial charge in [0.1, 0.15) is 5.75 Å². The van der Waals surface area contributed by atoms with Gasteiger partial charge in [-0.2, -0.15) is 0 Å². The number of thioether (sulfide) groups is 1. The van der Waals surface area contributed by atoms with Crippen molar-refractivity contribution >= 4 is 62.3 Å². The third-order valence-electron chi connectivity index (χ3n) is 5.37. The Bertz CT molecular complexity index is 1390. The molecule has 0 saturated heterocycles. The van der Waals surface area contributed by atoms with Crippen molar-refractivity contribution in [2.75, 3.05) is 6.61 Å². The number of carbonyl (C=O) groups is 2. The van der Waals surface area contributed by atoms with Crippen molar-refractivity contribution in [3.63, 3.8) is 0 Å². The van der Waals surface area contributed by atoms with E-state index >= 15 is 0 Å². The second-order valence-corrected chi connectivity index (χ2v) is 9.85. The summed E-state index contributed by atoms with van der Waals surface area (Å²) in [6, 6.07) is 9.09. The summed E-state index contributed by atoms with van der Waals surface area (Å²) in [4.78, 5) is 30.3. The quantitative estimate of drug-likeness (QED) is 0.160. The number of ether oxygens (including phenoxy) is 2. The Morgan fingerprint density at radius 1 is 1.26 bits per heavy atom. The molecule has 2 aromatic heterocycles. The lowest BCUT2D eigenvalue weighted by atomic mass is 10.0. The summed E-state index contributed by atoms with van der Waals surface area (Å²) in [6.07, 6.45) is 3.91.